The van der Waals surface area contributed by atoms with E-state index in [1.54, 1.807) is 6.33 Å². The number of β-amino-alcohol motifs (C(OH)–C–C–N with tert-alkyl or cyclic N) is 1. The van der Waals surface area contributed by atoms with Gasteiger partial charge in [-0.05, 0) is 33.0 Å². The summed E-state index contributed by atoms with van der Waals surface area (Å²) >= 11 is 0. The van der Waals surface area contributed by atoms with E-state index in [4.69, 9.17) is 4.42 Å². The van der Waals surface area contributed by atoms with Gasteiger partial charge in [-0.2, -0.15) is 0 Å². The molecule has 0 radical (unpaired) electrons. The fourth-order valence-corrected chi connectivity index (χ4v) is 3.90. The highest BCUT2D eigenvalue weighted by Gasteiger charge is 2.34. The van der Waals surface area contributed by atoms with Crippen molar-refractivity contribution >= 4 is 11.0 Å². The third-order valence-electron chi connectivity index (χ3n) is 5.35. The molecule has 2 aromatic heterocycles. The van der Waals surface area contributed by atoms with Crippen molar-refractivity contribution in [3.8, 4) is 0 Å². The third-order valence-corrected chi connectivity index (χ3v) is 5.35. The molecule has 1 aliphatic heterocycles. The molecule has 7 nitrogen and oxygen atoms in total. The maximum absolute atomic E-state index is 10.6. The molecule has 1 N–H and O–H groups in total. The standard InChI is InChI=1S/C20H27N5O2/c1-14(2)25-13-21-22-20(25)12-23(3)17-10-24(11-18(17)26)9-16-8-15-6-4-5-7-19(15)27-16/h4-8,13-14,17-18,26H,9-12H2,1-3H3/t17-,18-/m1/s1. The predicted molar refractivity (Wildman–Crippen MR) is 103 cm³/mol. The molecule has 0 spiro atoms. The molecular weight excluding hydrogens is 342 g/mol. The summed E-state index contributed by atoms with van der Waals surface area (Å²) in [6.07, 6.45) is 1.38. The first kappa shape index (κ1) is 18.2. The normalized spacial score (nSPS) is 21.1. The summed E-state index contributed by atoms with van der Waals surface area (Å²) in [5.41, 5.74) is 0.911. The fraction of sp³-hybridized carbons (Fsp3) is 0.500. The van der Waals surface area contributed by atoms with Crippen LogP contribution in [0.2, 0.25) is 0 Å². The molecule has 1 aromatic carbocycles. The highest BCUT2D eigenvalue weighted by atomic mass is 16.3. The molecule has 4 rings (SSSR count). The topological polar surface area (TPSA) is 70.6 Å². The van der Waals surface area contributed by atoms with E-state index in [9.17, 15) is 5.11 Å². The Morgan fingerprint density at radius 2 is 2.11 bits per heavy atom. The summed E-state index contributed by atoms with van der Waals surface area (Å²) < 4.78 is 8.00. The van der Waals surface area contributed by atoms with Crippen molar-refractivity contribution in [1.82, 2.24) is 24.6 Å². The van der Waals surface area contributed by atoms with Gasteiger partial charge in [-0.3, -0.25) is 9.80 Å². The Morgan fingerprint density at radius 3 is 2.89 bits per heavy atom. The van der Waals surface area contributed by atoms with Gasteiger partial charge in [0, 0.05) is 30.6 Å². The number of likely N-dealkylation sites (N-methyl/N-ethyl adjacent to an activating group) is 1. The summed E-state index contributed by atoms with van der Waals surface area (Å²) in [7, 11) is 2.04. The van der Waals surface area contributed by atoms with E-state index in [0.29, 0.717) is 25.7 Å². The van der Waals surface area contributed by atoms with E-state index in [1.807, 2.05) is 25.2 Å². The lowest BCUT2D eigenvalue weighted by Gasteiger charge is -2.26. The van der Waals surface area contributed by atoms with Crippen LogP contribution in [-0.2, 0) is 13.1 Å². The van der Waals surface area contributed by atoms with Crippen LogP contribution < -0.4 is 0 Å². The molecule has 0 saturated carbocycles. The van der Waals surface area contributed by atoms with Crippen molar-refractivity contribution in [2.24, 2.45) is 0 Å². The van der Waals surface area contributed by atoms with Crippen LogP contribution in [0.3, 0.4) is 0 Å². The maximum Gasteiger partial charge on any atom is 0.147 e. The second kappa shape index (κ2) is 7.42. The minimum atomic E-state index is -0.394. The Labute approximate surface area is 159 Å². The van der Waals surface area contributed by atoms with Crippen LogP contribution in [0.1, 0.15) is 31.5 Å². The number of hydrogen-bond donors (Lipinski definition) is 1. The average molecular weight is 369 g/mol. The van der Waals surface area contributed by atoms with Gasteiger partial charge in [-0.25, -0.2) is 0 Å². The number of hydrogen-bond acceptors (Lipinski definition) is 6. The molecule has 1 saturated heterocycles. The zero-order chi connectivity index (χ0) is 19.0. The monoisotopic (exact) mass is 369 g/mol. The van der Waals surface area contributed by atoms with Crippen LogP contribution >= 0.6 is 0 Å². The van der Waals surface area contributed by atoms with Crippen LogP contribution in [0.25, 0.3) is 11.0 Å². The minimum absolute atomic E-state index is 0.0618. The van der Waals surface area contributed by atoms with Gasteiger partial charge >= 0.3 is 0 Å². The van der Waals surface area contributed by atoms with Gasteiger partial charge in [0.15, 0.2) is 0 Å². The van der Waals surface area contributed by atoms with E-state index in [-0.39, 0.29) is 6.04 Å². The van der Waals surface area contributed by atoms with E-state index >= 15 is 0 Å². The summed E-state index contributed by atoms with van der Waals surface area (Å²) in [5.74, 6) is 1.86. The minimum Gasteiger partial charge on any atom is -0.460 e. The Kier molecular flexibility index (Phi) is 4.99. The van der Waals surface area contributed by atoms with Crippen LogP contribution in [0.5, 0.6) is 0 Å². The first-order valence-electron chi connectivity index (χ1n) is 9.47. The number of fused-ring (bicyclic) bond motifs is 1. The Balaban J connectivity index is 1.40. The van der Waals surface area contributed by atoms with E-state index in [2.05, 4.69) is 50.5 Å². The zero-order valence-electron chi connectivity index (χ0n) is 16.1. The quantitative estimate of drug-likeness (QED) is 0.719. The highest BCUT2D eigenvalue weighted by Crippen LogP contribution is 2.23. The van der Waals surface area contributed by atoms with Gasteiger partial charge in [-0.1, -0.05) is 18.2 Å². The summed E-state index contributed by atoms with van der Waals surface area (Å²) in [5, 5.41) is 20.0. The van der Waals surface area contributed by atoms with Gasteiger partial charge in [0.1, 0.15) is 23.5 Å². The first-order chi connectivity index (χ1) is 13.0. The van der Waals surface area contributed by atoms with Crippen molar-refractivity contribution in [1.29, 1.82) is 0 Å². The molecule has 1 fully saturated rings. The van der Waals surface area contributed by atoms with Crippen molar-refractivity contribution < 1.29 is 9.52 Å². The van der Waals surface area contributed by atoms with Gasteiger partial charge in [0.25, 0.3) is 0 Å². The smallest absolute Gasteiger partial charge is 0.147 e. The number of rotatable bonds is 6. The Morgan fingerprint density at radius 1 is 1.30 bits per heavy atom. The molecule has 3 aromatic rings. The van der Waals surface area contributed by atoms with Crippen molar-refractivity contribution in [3.05, 3.63) is 48.2 Å². The molecule has 0 amide bonds. The van der Waals surface area contributed by atoms with Crippen LogP contribution in [0.15, 0.2) is 41.1 Å². The predicted octanol–water partition coefficient (Wildman–Crippen LogP) is 2.28. The summed E-state index contributed by atoms with van der Waals surface area (Å²) in [6, 6.07) is 10.5. The van der Waals surface area contributed by atoms with Crippen molar-refractivity contribution in [2.45, 2.75) is 45.1 Å². The lowest BCUT2D eigenvalue weighted by atomic mass is 10.2. The fourth-order valence-electron chi connectivity index (χ4n) is 3.90. The van der Waals surface area contributed by atoms with E-state index in [0.717, 1.165) is 29.1 Å². The average Bonchev–Trinajstić information content (AvgIpc) is 3.32. The molecular formula is C20H27N5O2. The van der Waals surface area contributed by atoms with Crippen molar-refractivity contribution in [2.75, 3.05) is 20.1 Å². The number of aliphatic hydroxyl groups is 1. The molecule has 3 heterocycles. The molecule has 1 aliphatic rings. The number of likely N-dealkylation sites (tertiary alicyclic amines) is 1. The van der Waals surface area contributed by atoms with Gasteiger partial charge in [0.2, 0.25) is 0 Å². The highest BCUT2D eigenvalue weighted by molar-refractivity contribution is 5.77. The number of furan rings is 1. The lowest BCUT2D eigenvalue weighted by molar-refractivity contribution is 0.0926. The molecule has 27 heavy (non-hydrogen) atoms. The van der Waals surface area contributed by atoms with Gasteiger partial charge in [-0.15, -0.1) is 10.2 Å². The largest absolute Gasteiger partial charge is 0.460 e. The lowest BCUT2D eigenvalue weighted by Crippen LogP contribution is -2.40. The maximum atomic E-state index is 10.6. The molecule has 0 aliphatic carbocycles. The number of nitrogens with zero attached hydrogens (tertiary/aromatic N) is 5. The Hall–Kier alpha value is -2.22. The molecule has 144 valence electrons. The number of aromatic nitrogens is 3. The van der Waals surface area contributed by atoms with Crippen LogP contribution in [0, 0.1) is 0 Å². The number of benzene rings is 1. The number of para-hydroxylation sites is 1. The summed E-state index contributed by atoms with van der Waals surface area (Å²) in [4.78, 5) is 4.42. The zero-order valence-corrected chi connectivity index (χ0v) is 16.1. The van der Waals surface area contributed by atoms with E-state index in [1.165, 1.54) is 0 Å². The van der Waals surface area contributed by atoms with Crippen LogP contribution in [-0.4, -0.2) is 62.0 Å². The molecule has 7 heteroatoms. The van der Waals surface area contributed by atoms with Crippen molar-refractivity contribution in [3.63, 3.8) is 0 Å². The van der Waals surface area contributed by atoms with Gasteiger partial charge < -0.3 is 14.1 Å². The second-order valence-electron chi connectivity index (χ2n) is 7.74. The van der Waals surface area contributed by atoms with Crippen LogP contribution in [0.4, 0.5) is 0 Å². The third kappa shape index (κ3) is 3.76. The molecule has 0 bridgehead atoms. The summed E-state index contributed by atoms with van der Waals surface area (Å²) in [6.45, 7) is 7.04. The van der Waals surface area contributed by atoms with E-state index < -0.39 is 6.10 Å². The van der Waals surface area contributed by atoms with Gasteiger partial charge in [0.05, 0.1) is 19.2 Å². The molecule has 0 unspecified atom stereocenters. The first-order valence-corrected chi connectivity index (χ1v) is 9.47. The molecule has 2 atom stereocenters. The Bertz CT molecular complexity index is 870. The SMILES string of the molecule is CC(C)n1cnnc1CN(C)[C@@H]1CN(Cc2cc3ccccc3o2)C[C@H]1O. The number of aliphatic hydroxyl groups excluding tert-OH is 1. The second-order valence-corrected chi connectivity index (χ2v) is 7.74.